The number of hydrogen-bond acceptors (Lipinski definition) is 3. The zero-order chi connectivity index (χ0) is 16.8. The lowest BCUT2D eigenvalue weighted by Crippen LogP contribution is -2.04. The SMILES string of the molecule is Cc1cccnc1CCc1cccnc1CCc1cccnc1C. The summed E-state index contributed by atoms with van der Waals surface area (Å²) in [6.45, 7) is 4.19. The summed E-state index contributed by atoms with van der Waals surface area (Å²) in [5.74, 6) is 0. The molecule has 0 unspecified atom stereocenters. The van der Waals surface area contributed by atoms with Crippen molar-refractivity contribution in [1.82, 2.24) is 15.0 Å². The summed E-state index contributed by atoms with van der Waals surface area (Å²) in [5, 5.41) is 0. The van der Waals surface area contributed by atoms with Crippen molar-refractivity contribution in [1.29, 1.82) is 0 Å². The number of aryl methyl sites for hydroxylation is 6. The Bertz CT molecular complexity index is 743. The third-order valence-electron chi connectivity index (χ3n) is 4.48. The molecule has 0 amide bonds. The van der Waals surface area contributed by atoms with Crippen molar-refractivity contribution in [2.75, 3.05) is 0 Å². The van der Waals surface area contributed by atoms with Gasteiger partial charge in [0.05, 0.1) is 0 Å². The summed E-state index contributed by atoms with van der Waals surface area (Å²) < 4.78 is 0. The van der Waals surface area contributed by atoms with Crippen LogP contribution in [0.5, 0.6) is 0 Å². The van der Waals surface area contributed by atoms with Gasteiger partial charge in [-0.25, -0.2) is 0 Å². The van der Waals surface area contributed by atoms with Gasteiger partial charge in [-0.1, -0.05) is 18.2 Å². The van der Waals surface area contributed by atoms with E-state index < -0.39 is 0 Å². The van der Waals surface area contributed by atoms with Crippen molar-refractivity contribution < 1.29 is 0 Å². The minimum Gasteiger partial charge on any atom is -0.261 e. The summed E-state index contributed by atoms with van der Waals surface area (Å²) in [4.78, 5) is 13.5. The fourth-order valence-electron chi connectivity index (χ4n) is 2.99. The summed E-state index contributed by atoms with van der Waals surface area (Å²) >= 11 is 0. The molecule has 0 saturated carbocycles. The van der Waals surface area contributed by atoms with Gasteiger partial charge in [0.25, 0.3) is 0 Å². The lowest BCUT2D eigenvalue weighted by atomic mass is 10.00. The molecule has 0 N–H and O–H groups in total. The zero-order valence-corrected chi connectivity index (χ0v) is 14.4. The molecule has 0 aromatic carbocycles. The quantitative estimate of drug-likeness (QED) is 0.688. The first-order valence-electron chi connectivity index (χ1n) is 8.48. The lowest BCUT2D eigenvalue weighted by Gasteiger charge is -2.10. The van der Waals surface area contributed by atoms with Crippen molar-refractivity contribution in [3.05, 3.63) is 88.8 Å². The van der Waals surface area contributed by atoms with Gasteiger partial charge in [0, 0.05) is 35.7 Å². The average molecular weight is 317 g/mol. The average Bonchev–Trinajstić information content (AvgIpc) is 2.61. The molecule has 3 heteroatoms. The van der Waals surface area contributed by atoms with E-state index in [1.165, 1.54) is 28.1 Å². The maximum Gasteiger partial charge on any atom is 0.0438 e. The van der Waals surface area contributed by atoms with Gasteiger partial charge < -0.3 is 0 Å². The Balaban J connectivity index is 1.69. The normalized spacial score (nSPS) is 10.8. The Morgan fingerprint density at radius 2 is 1.21 bits per heavy atom. The van der Waals surface area contributed by atoms with Gasteiger partial charge >= 0.3 is 0 Å². The Kier molecular flexibility index (Phi) is 5.32. The molecule has 3 aromatic rings. The fraction of sp³-hybridized carbons (Fsp3) is 0.286. The predicted molar refractivity (Wildman–Crippen MR) is 97.0 cm³/mol. The van der Waals surface area contributed by atoms with Crippen LogP contribution in [0.1, 0.15) is 33.8 Å². The Morgan fingerprint density at radius 1 is 0.625 bits per heavy atom. The van der Waals surface area contributed by atoms with Crippen LogP contribution in [0.25, 0.3) is 0 Å². The highest BCUT2D eigenvalue weighted by molar-refractivity contribution is 5.26. The highest BCUT2D eigenvalue weighted by Gasteiger charge is 2.07. The van der Waals surface area contributed by atoms with Crippen molar-refractivity contribution in [3.63, 3.8) is 0 Å². The number of hydrogen-bond donors (Lipinski definition) is 0. The van der Waals surface area contributed by atoms with Crippen LogP contribution in [-0.2, 0) is 25.7 Å². The minimum absolute atomic E-state index is 0.948. The molecule has 0 aliphatic rings. The van der Waals surface area contributed by atoms with Crippen LogP contribution in [0.4, 0.5) is 0 Å². The molecule has 3 nitrogen and oxygen atoms in total. The van der Waals surface area contributed by atoms with Crippen molar-refractivity contribution >= 4 is 0 Å². The smallest absolute Gasteiger partial charge is 0.0438 e. The van der Waals surface area contributed by atoms with E-state index in [-0.39, 0.29) is 0 Å². The summed E-state index contributed by atoms with van der Waals surface area (Å²) in [7, 11) is 0. The Morgan fingerprint density at radius 3 is 1.96 bits per heavy atom. The standard InChI is InChI=1S/C21H23N3/c1-16-6-3-14-23-20(16)11-10-19-8-5-15-24-21(19)12-9-18-7-4-13-22-17(18)2/h3-8,13-15H,9-12H2,1-2H3. The number of nitrogens with zero attached hydrogens (tertiary/aromatic N) is 3. The van der Waals surface area contributed by atoms with Gasteiger partial charge in [-0.15, -0.1) is 0 Å². The Labute approximate surface area is 143 Å². The molecule has 0 radical (unpaired) electrons. The molecule has 0 aliphatic carbocycles. The number of aromatic nitrogens is 3. The van der Waals surface area contributed by atoms with Crippen molar-refractivity contribution in [3.8, 4) is 0 Å². The molecule has 24 heavy (non-hydrogen) atoms. The van der Waals surface area contributed by atoms with Crippen LogP contribution in [0, 0.1) is 13.8 Å². The van der Waals surface area contributed by atoms with E-state index in [0.29, 0.717) is 0 Å². The minimum atomic E-state index is 0.948. The Hall–Kier alpha value is -2.55. The van der Waals surface area contributed by atoms with Crippen LogP contribution in [-0.4, -0.2) is 15.0 Å². The molecule has 3 rings (SSSR count). The van der Waals surface area contributed by atoms with Crippen LogP contribution in [0.15, 0.2) is 55.0 Å². The van der Waals surface area contributed by atoms with Crippen LogP contribution in [0.2, 0.25) is 0 Å². The zero-order valence-electron chi connectivity index (χ0n) is 14.4. The molecule has 122 valence electrons. The predicted octanol–water partition coefficient (Wildman–Crippen LogP) is 4.06. The fourth-order valence-corrected chi connectivity index (χ4v) is 2.99. The molecular formula is C21H23N3. The topological polar surface area (TPSA) is 38.7 Å². The summed E-state index contributed by atoms with van der Waals surface area (Å²) in [6, 6.07) is 12.5. The van der Waals surface area contributed by atoms with Gasteiger partial charge in [-0.2, -0.15) is 0 Å². The maximum absolute atomic E-state index is 4.62. The van der Waals surface area contributed by atoms with E-state index in [0.717, 1.165) is 31.4 Å². The molecule has 0 fully saturated rings. The number of pyridine rings is 3. The van der Waals surface area contributed by atoms with E-state index in [1.54, 1.807) is 0 Å². The lowest BCUT2D eigenvalue weighted by molar-refractivity contribution is 0.834. The second kappa shape index (κ2) is 7.82. The van der Waals surface area contributed by atoms with Crippen molar-refractivity contribution in [2.45, 2.75) is 39.5 Å². The van der Waals surface area contributed by atoms with Crippen LogP contribution >= 0.6 is 0 Å². The van der Waals surface area contributed by atoms with Crippen molar-refractivity contribution in [2.24, 2.45) is 0 Å². The summed E-state index contributed by atoms with van der Waals surface area (Å²) in [5.41, 5.74) is 7.36. The molecule has 3 heterocycles. The molecule has 0 bridgehead atoms. The first-order chi connectivity index (χ1) is 11.7. The van der Waals surface area contributed by atoms with Gasteiger partial charge in [0.1, 0.15) is 0 Å². The van der Waals surface area contributed by atoms with Gasteiger partial charge in [-0.05, 0) is 74.4 Å². The monoisotopic (exact) mass is 317 g/mol. The molecule has 3 aromatic heterocycles. The molecule has 0 aliphatic heterocycles. The van der Waals surface area contributed by atoms with E-state index >= 15 is 0 Å². The highest BCUT2D eigenvalue weighted by Crippen LogP contribution is 2.15. The largest absolute Gasteiger partial charge is 0.261 e. The van der Waals surface area contributed by atoms with E-state index in [9.17, 15) is 0 Å². The van der Waals surface area contributed by atoms with Gasteiger partial charge in [0.15, 0.2) is 0 Å². The molecule has 0 saturated heterocycles. The second-order valence-electron chi connectivity index (χ2n) is 6.12. The molecular weight excluding hydrogens is 294 g/mol. The van der Waals surface area contributed by atoms with Crippen LogP contribution in [0.3, 0.4) is 0 Å². The van der Waals surface area contributed by atoms with Gasteiger partial charge in [0.2, 0.25) is 0 Å². The summed E-state index contributed by atoms with van der Waals surface area (Å²) in [6.07, 6.45) is 9.47. The molecule has 0 atom stereocenters. The second-order valence-corrected chi connectivity index (χ2v) is 6.12. The third kappa shape index (κ3) is 4.05. The third-order valence-corrected chi connectivity index (χ3v) is 4.48. The maximum atomic E-state index is 4.62. The highest BCUT2D eigenvalue weighted by atomic mass is 14.7. The molecule has 0 spiro atoms. The van der Waals surface area contributed by atoms with E-state index in [1.807, 2.05) is 36.8 Å². The van der Waals surface area contributed by atoms with E-state index in [2.05, 4.69) is 47.0 Å². The first-order valence-corrected chi connectivity index (χ1v) is 8.48. The van der Waals surface area contributed by atoms with Crippen LogP contribution < -0.4 is 0 Å². The van der Waals surface area contributed by atoms with Gasteiger partial charge in [-0.3, -0.25) is 15.0 Å². The van der Waals surface area contributed by atoms with E-state index in [4.69, 9.17) is 0 Å². The number of rotatable bonds is 6. The first kappa shape index (κ1) is 16.3.